The molecule has 1 N–H and O–H groups in total. The first-order valence-corrected chi connectivity index (χ1v) is 11.2. The van der Waals surface area contributed by atoms with Gasteiger partial charge in [-0.2, -0.15) is 0 Å². The molecule has 0 saturated carbocycles. The van der Waals surface area contributed by atoms with E-state index in [2.05, 4.69) is 15.5 Å². The molecule has 0 fully saturated rings. The second kappa shape index (κ2) is 10.8. The van der Waals surface area contributed by atoms with Crippen molar-refractivity contribution in [3.05, 3.63) is 66.0 Å². The third kappa shape index (κ3) is 5.95. The second-order valence-electron chi connectivity index (χ2n) is 7.24. The predicted molar refractivity (Wildman–Crippen MR) is 123 cm³/mol. The maximum Gasteiger partial charge on any atom is 0.244 e. The Morgan fingerprint density at radius 3 is 2.48 bits per heavy atom. The maximum atomic E-state index is 12.9. The highest BCUT2D eigenvalue weighted by molar-refractivity contribution is 7.99. The fourth-order valence-corrected chi connectivity index (χ4v) is 4.00. The van der Waals surface area contributed by atoms with Crippen LogP contribution in [0.4, 0.5) is 5.69 Å². The Labute approximate surface area is 186 Å². The van der Waals surface area contributed by atoms with Crippen LogP contribution in [0.5, 0.6) is 0 Å². The van der Waals surface area contributed by atoms with Crippen molar-refractivity contribution < 1.29 is 9.59 Å². The summed E-state index contributed by atoms with van der Waals surface area (Å²) in [7, 11) is 0. The van der Waals surface area contributed by atoms with E-state index in [0.717, 1.165) is 28.9 Å². The number of nitrogens with zero attached hydrogens (tertiary/aromatic N) is 4. The lowest BCUT2D eigenvalue weighted by molar-refractivity contribution is -0.132. The fraction of sp³-hybridized carbons (Fsp3) is 0.304. The molecule has 0 spiro atoms. The molecule has 0 atom stereocenters. The quantitative estimate of drug-likeness (QED) is 0.514. The van der Waals surface area contributed by atoms with Crippen LogP contribution >= 0.6 is 11.8 Å². The van der Waals surface area contributed by atoms with Crippen molar-refractivity contribution >= 4 is 29.3 Å². The maximum absolute atomic E-state index is 12.9. The summed E-state index contributed by atoms with van der Waals surface area (Å²) in [4.78, 5) is 27.0. The second-order valence-corrected chi connectivity index (χ2v) is 8.18. The van der Waals surface area contributed by atoms with E-state index in [4.69, 9.17) is 0 Å². The molecule has 0 saturated heterocycles. The Morgan fingerprint density at radius 2 is 1.77 bits per heavy atom. The normalized spacial score (nSPS) is 10.7. The van der Waals surface area contributed by atoms with Crippen LogP contribution in [0.3, 0.4) is 0 Å². The zero-order valence-electron chi connectivity index (χ0n) is 18.0. The first-order chi connectivity index (χ1) is 15.0. The number of aryl methyl sites for hydroxylation is 2. The van der Waals surface area contributed by atoms with Gasteiger partial charge in [0.25, 0.3) is 0 Å². The van der Waals surface area contributed by atoms with Crippen molar-refractivity contribution in [1.29, 1.82) is 0 Å². The summed E-state index contributed by atoms with van der Waals surface area (Å²) >= 11 is 1.32. The van der Waals surface area contributed by atoms with E-state index >= 15 is 0 Å². The highest BCUT2D eigenvalue weighted by Gasteiger charge is 2.19. The average molecular weight is 438 g/mol. The lowest BCUT2D eigenvalue weighted by Crippen LogP contribution is -2.39. The molecule has 2 amide bonds. The summed E-state index contributed by atoms with van der Waals surface area (Å²) < 4.78 is 1.88. The van der Waals surface area contributed by atoms with Gasteiger partial charge in [-0.3, -0.25) is 14.2 Å². The number of carbonyl (C=O) groups excluding carboxylic acids is 2. The summed E-state index contributed by atoms with van der Waals surface area (Å²) in [5, 5.41) is 11.7. The zero-order chi connectivity index (χ0) is 22.2. The lowest BCUT2D eigenvalue weighted by Gasteiger charge is -2.21. The number of amides is 2. The topological polar surface area (TPSA) is 80.1 Å². The number of carbonyl (C=O) groups is 2. The van der Waals surface area contributed by atoms with Crippen LogP contribution in [0.2, 0.25) is 0 Å². The SMILES string of the molecule is CCCN(CC(=O)Nc1ccccc1C)C(=O)CSc1nncn1-c1ccccc1C. The molecule has 1 aromatic heterocycles. The molecule has 2 aromatic carbocycles. The summed E-state index contributed by atoms with van der Waals surface area (Å²) in [6, 6.07) is 15.5. The standard InChI is InChI=1S/C23H27N5O2S/c1-4-13-27(14-21(29)25-19-11-7-5-9-17(19)2)22(30)15-31-23-26-24-16-28(23)20-12-8-6-10-18(20)3/h5-12,16H,4,13-15H2,1-3H3,(H,25,29). The minimum Gasteiger partial charge on any atom is -0.333 e. The van der Waals surface area contributed by atoms with Gasteiger partial charge in [-0.05, 0) is 43.5 Å². The minimum absolute atomic E-state index is 0.0199. The molecule has 0 radical (unpaired) electrons. The Kier molecular flexibility index (Phi) is 7.83. The van der Waals surface area contributed by atoms with Gasteiger partial charge in [0.15, 0.2) is 5.16 Å². The van der Waals surface area contributed by atoms with Crippen molar-refractivity contribution in [2.24, 2.45) is 0 Å². The summed E-state index contributed by atoms with van der Waals surface area (Å²) in [6.07, 6.45) is 2.42. The van der Waals surface area contributed by atoms with Gasteiger partial charge in [0.05, 0.1) is 18.0 Å². The summed E-state index contributed by atoms with van der Waals surface area (Å²) in [5.74, 6) is -0.127. The number of thioether (sulfide) groups is 1. The molecule has 0 unspecified atom stereocenters. The molecular weight excluding hydrogens is 410 g/mol. The van der Waals surface area contributed by atoms with Gasteiger partial charge in [0.2, 0.25) is 11.8 Å². The highest BCUT2D eigenvalue weighted by Crippen LogP contribution is 2.22. The average Bonchev–Trinajstić information content (AvgIpc) is 3.22. The summed E-state index contributed by atoms with van der Waals surface area (Å²) in [5.41, 5.74) is 3.81. The Morgan fingerprint density at radius 1 is 1.06 bits per heavy atom. The van der Waals surface area contributed by atoms with Gasteiger partial charge in [0.1, 0.15) is 6.33 Å². The largest absolute Gasteiger partial charge is 0.333 e. The Hall–Kier alpha value is -3.13. The van der Waals surface area contributed by atoms with Crippen molar-refractivity contribution in [3.63, 3.8) is 0 Å². The van der Waals surface area contributed by atoms with Crippen LogP contribution < -0.4 is 5.32 Å². The molecule has 162 valence electrons. The number of hydrogen-bond acceptors (Lipinski definition) is 5. The number of nitrogens with one attached hydrogen (secondary N) is 1. The third-order valence-corrected chi connectivity index (χ3v) is 5.74. The van der Waals surface area contributed by atoms with E-state index in [1.165, 1.54) is 11.8 Å². The van der Waals surface area contributed by atoms with Gasteiger partial charge < -0.3 is 10.2 Å². The van der Waals surface area contributed by atoms with Gasteiger partial charge in [-0.15, -0.1) is 10.2 Å². The van der Waals surface area contributed by atoms with Gasteiger partial charge in [-0.1, -0.05) is 55.1 Å². The molecule has 31 heavy (non-hydrogen) atoms. The van der Waals surface area contributed by atoms with Crippen LogP contribution in [-0.2, 0) is 9.59 Å². The molecule has 8 heteroatoms. The first kappa shape index (κ1) is 22.6. The number of benzene rings is 2. The Balaban J connectivity index is 1.63. The van der Waals surface area contributed by atoms with Crippen molar-refractivity contribution in [2.75, 3.05) is 24.2 Å². The molecular formula is C23H27N5O2S. The van der Waals surface area contributed by atoms with Crippen LogP contribution in [0, 0.1) is 13.8 Å². The molecule has 1 heterocycles. The first-order valence-electron chi connectivity index (χ1n) is 10.2. The van der Waals surface area contributed by atoms with Crippen molar-refractivity contribution in [3.8, 4) is 5.69 Å². The van der Waals surface area contributed by atoms with Crippen LogP contribution in [0.15, 0.2) is 60.0 Å². The number of rotatable bonds is 9. The lowest BCUT2D eigenvalue weighted by atomic mass is 10.2. The summed E-state index contributed by atoms with van der Waals surface area (Å²) in [6.45, 7) is 6.48. The Bertz CT molecular complexity index is 1050. The molecule has 7 nitrogen and oxygen atoms in total. The van der Waals surface area contributed by atoms with E-state index in [0.29, 0.717) is 11.7 Å². The highest BCUT2D eigenvalue weighted by atomic mass is 32.2. The van der Waals surface area contributed by atoms with Crippen LogP contribution in [0.25, 0.3) is 5.69 Å². The monoisotopic (exact) mass is 437 g/mol. The number of anilines is 1. The predicted octanol–water partition coefficient (Wildman–Crippen LogP) is 3.85. The van der Waals surface area contributed by atoms with Crippen LogP contribution in [-0.4, -0.2) is 50.3 Å². The van der Waals surface area contributed by atoms with Crippen LogP contribution in [0.1, 0.15) is 24.5 Å². The molecule has 3 aromatic rings. The molecule has 0 aliphatic rings. The molecule has 3 rings (SSSR count). The third-order valence-electron chi connectivity index (χ3n) is 4.82. The van der Waals surface area contributed by atoms with E-state index in [-0.39, 0.29) is 24.1 Å². The van der Waals surface area contributed by atoms with Gasteiger partial charge in [0, 0.05) is 12.2 Å². The molecule has 0 aliphatic carbocycles. The van der Waals surface area contributed by atoms with E-state index < -0.39 is 0 Å². The van der Waals surface area contributed by atoms with Gasteiger partial charge in [-0.25, -0.2) is 0 Å². The van der Waals surface area contributed by atoms with Crippen molar-refractivity contribution in [1.82, 2.24) is 19.7 Å². The van der Waals surface area contributed by atoms with Gasteiger partial charge >= 0.3 is 0 Å². The number of aromatic nitrogens is 3. The van der Waals surface area contributed by atoms with E-state index in [9.17, 15) is 9.59 Å². The van der Waals surface area contributed by atoms with E-state index in [1.54, 1.807) is 11.2 Å². The van der Waals surface area contributed by atoms with Crippen molar-refractivity contribution in [2.45, 2.75) is 32.3 Å². The molecule has 0 aliphatic heterocycles. The minimum atomic E-state index is -0.204. The zero-order valence-corrected chi connectivity index (χ0v) is 18.9. The number of para-hydroxylation sites is 2. The smallest absolute Gasteiger partial charge is 0.244 e. The molecule has 0 bridgehead atoms. The number of hydrogen-bond donors (Lipinski definition) is 1. The van der Waals surface area contributed by atoms with E-state index in [1.807, 2.05) is 73.9 Å². The fourth-order valence-electron chi connectivity index (χ4n) is 3.18.